The van der Waals surface area contributed by atoms with E-state index in [1.807, 2.05) is 0 Å². The fraction of sp³-hybridized carbons (Fsp3) is 0. The van der Waals surface area contributed by atoms with Crippen molar-refractivity contribution in [2.45, 2.75) is 14.0 Å². The van der Waals surface area contributed by atoms with Crippen molar-refractivity contribution in [3.63, 3.8) is 0 Å². The highest BCUT2D eigenvalue weighted by Crippen LogP contribution is 2.42. The quantitative estimate of drug-likeness (QED) is 0.433. The van der Waals surface area contributed by atoms with Gasteiger partial charge in [0.05, 0.1) is 25.5 Å². The molecule has 2 aromatic carbocycles. The second-order valence-electron chi connectivity index (χ2n) is 6.07. The number of nitrogens with one attached hydrogen (secondary N) is 1. The first-order valence-electron chi connectivity index (χ1n) is 7.96. The van der Waals surface area contributed by atoms with E-state index in [0.717, 1.165) is 41.7 Å². The number of hydrogen-bond donors (Lipinski definition) is 3. The summed E-state index contributed by atoms with van der Waals surface area (Å²) in [6.45, 7) is 0. The second kappa shape index (κ2) is 8.33. The van der Waals surface area contributed by atoms with Crippen molar-refractivity contribution in [2.75, 3.05) is 4.72 Å². The van der Waals surface area contributed by atoms with Gasteiger partial charge in [0.25, 0.3) is 10.0 Å². The summed E-state index contributed by atoms with van der Waals surface area (Å²) in [7, 11) is -13.0. The molecule has 166 valence electrons. The summed E-state index contributed by atoms with van der Waals surface area (Å²) in [5.41, 5.74) is -0.887. The van der Waals surface area contributed by atoms with Gasteiger partial charge >= 0.3 is 0 Å². The summed E-state index contributed by atoms with van der Waals surface area (Å²) >= 11 is 13.0. The minimum atomic E-state index is -4.46. The molecule has 0 radical (unpaired) electrons. The molecule has 0 aliphatic heterocycles. The van der Waals surface area contributed by atoms with E-state index in [2.05, 4.69) is 4.72 Å². The van der Waals surface area contributed by atoms with Gasteiger partial charge in [0.1, 0.15) is 4.21 Å². The topological polar surface area (TPSA) is 166 Å². The SMILES string of the molecule is NS(=O)(=O)c1cccc(S(N)(=O)=O)c1-c1cc(Cl)c(Cl)cc1NS(=O)(=O)c1cccs1. The summed E-state index contributed by atoms with van der Waals surface area (Å²) in [5.74, 6) is 0. The van der Waals surface area contributed by atoms with E-state index < -0.39 is 45.4 Å². The van der Waals surface area contributed by atoms with Gasteiger partial charge in [-0.15, -0.1) is 11.3 Å². The lowest BCUT2D eigenvalue weighted by Crippen LogP contribution is -2.19. The number of halogens is 2. The van der Waals surface area contributed by atoms with Gasteiger partial charge in [-0.25, -0.2) is 35.5 Å². The normalized spacial score (nSPS) is 12.6. The van der Waals surface area contributed by atoms with Gasteiger partial charge < -0.3 is 0 Å². The van der Waals surface area contributed by atoms with E-state index in [9.17, 15) is 25.3 Å². The first kappa shape index (κ1) is 23.9. The first-order chi connectivity index (χ1) is 14.2. The van der Waals surface area contributed by atoms with Gasteiger partial charge in [0.15, 0.2) is 0 Å². The molecular formula is C16H13Cl2N3O6S4. The lowest BCUT2D eigenvalue weighted by Gasteiger charge is -2.18. The van der Waals surface area contributed by atoms with E-state index in [4.69, 9.17) is 33.5 Å². The van der Waals surface area contributed by atoms with E-state index in [-0.39, 0.29) is 25.5 Å². The van der Waals surface area contributed by atoms with Gasteiger partial charge in [-0.2, -0.15) is 0 Å². The van der Waals surface area contributed by atoms with Crippen LogP contribution in [0.25, 0.3) is 11.1 Å². The van der Waals surface area contributed by atoms with Gasteiger partial charge in [-0.1, -0.05) is 35.3 Å². The van der Waals surface area contributed by atoms with E-state index in [1.54, 1.807) is 5.38 Å². The number of sulfonamides is 3. The molecule has 31 heavy (non-hydrogen) atoms. The van der Waals surface area contributed by atoms with Crippen molar-refractivity contribution in [3.8, 4) is 11.1 Å². The minimum absolute atomic E-state index is 0.0454. The first-order valence-corrected chi connectivity index (χ1v) is 14.2. The number of rotatable bonds is 6. The average molecular weight is 542 g/mol. The largest absolute Gasteiger partial charge is 0.278 e. The molecular weight excluding hydrogens is 529 g/mol. The highest BCUT2D eigenvalue weighted by molar-refractivity contribution is 7.94. The summed E-state index contributed by atoms with van der Waals surface area (Å²) in [6, 6.07) is 8.35. The maximum Gasteiger partial charge on any atom is 0.271 e. The summed E-state index contributed by atoms with van der Waals surface area (Å²) < 4.78 is 76.5. The Labute approximate surface area is 192 Å². The van der Waals surface area contributed by atoms with Crippen LogP contribution >= 0.6 is 34.5 Å². The monoisotopic (exact) mass is 541 g/mol. The Balaban J connectivity index is 2.41. The summed E-state index contributed by atoms with van der Waals surface area (Å²) in [5, 5.41) is 11.9. The molecule has 0 fully saturated rings. The van der Waals surface area contributed by atoms with Crippen molar-refractivity contribution in [1.82, 2.24) is 0 Å². The predicted molar refractivity (Wildman–Crippen MR) is 120 cm³/mol. The number of anilines is 1. The Bertz CT molecular complexity index is 1440. The number of primary sulfonamides is 2. The average Bonchev–Trinajstić information content (AvgIpc) is 3.18. The van der Waals surface area contributed by atoms with Crippen LogP contribution in [0.5, 0.6) is 0 Å². The fourth-order valence-electron chi connectivity index (χ4n) is 2.70. The van der Waals surface area contributed by atoms with Crippen molar-refractivity contribution in [1.29, 1.82) is 0 Å². The molecule has 0 saturated carbocycles. The van der Waals surface area contributed by atoms with Crippen molar-refractivity contribution in [3.05, 3.63) is 57.9 Å². The zero-order valence-corrected chi connectivity index (χ0v) is 19.9. The molecule has 0 saturated heterocycles. The van der Waals surface area contributed by atoms with E-state index >= 15 is 0 Å². The third-order valence-electron chi connectivity index (χ3n) is 3.94. The van der Waals surface area contributed by atoms with Gasteiger partial charge in [0, 0.05) is 11.1 Å². The molecule has 0 aliphatic rings. The Kier molecular flexibility index (Phi) is 6.43. The van der Waals surface area contributed by atoms with Crippen molar-refractivity contribution in [2.24, 2.45) is 10.3 Å². The molecule has 15 heteroatoms. The van der Waals surface area contributed by atoms with E-state index in [1.165, 1.54) is 12.1 Å². The molecule has 0 unspecified atom stereocenters. The lowest BCUT2D eigenvalue weighted by atomic mass is 10.0. The Morgan fingerprint density at radius 2 is 1.35 bits per heavy atom. The number of thiophene rings is 1. The summed E-state index contributed by atoms with van der Waals surface area (Å²) in [4.78, 5) is -1.21. The molecule has 5 N–H and O–H groups in total. The third-order valence-corrected chi connectivity index (χ3v) is 9.33. The van der Waals surface area contributed by atoms with Crippen LogP contribution in [-0.2, 0) is 30.1 Å². The smallest absolute Gasteiger partial charge is 0.271 e. The Morgan fingerprint density at radius 1 is 0.806 bits per heavy atom. The maximum absolute atomic E-state index is 12.7. The van der Waals surface area contributed by atoms with Crippen LogP contribution in [0.2, 0.25) is 10.0 Å². The number of benzene rings is 2. The predicted octanol–water partition coefficient (Wildman–Crippen LogP) is 2.82. The molecule has 1 heterocycles. The van der Waals surface area contributed by atoms with Crippen LogP contribution in [0, 0.1) is 0 Å². The van der Waals surface area contributed by atoms with Gasteiger partial charge in [-0.05, 0) is 35.7 Å². The highest BCUT2D eigenvalue weighted by atomic mass is 35.5. The van der Waals surface area contributed by atoms with Crippen LogP contribution in [-0.4, -0.2) is 25.3 Å². The highest BCUT2D eigenvalue weighted by Gasteiger charge is 2.28. The zero-order valence-electron chi connectivity index (χ0n) is 15.1. The van der Waals surface area contributed by atoms with Crippen LogP contribution in [0.4, 0.5) is 5.69 Å². The fourth-order valence-corrected chi connectivity index (χ4v) is 6.70. The van der Waals surface area contributed by atoms with Crippen LogP contribution in [0.1, 0.15) is 0 Å². The van der Waals surface area contributed by atoms with Crippen LogP contribution < -0.4 is 15.0 Å². The van der Waals surface area contributed by atoms with Crippen LogP contribution in [0.3, 0.4) is 0 Å². The number of hydrogen-bond acceptors (Lipinski definition) is 7. The molecule has 0 amide bonds. The standard InChI is InChI=1S/C16H13Cl2N3O6S4/c17-10-7-9(12(8-11(10)18)21-31(26,27)15-5-2-6-28-15)16-13(29(19,22)23)3-1-4-14(16)30(20,24)25/h1-8,21H,(H2,19,22,23)(H2,20,24,25). The second-order valence-corrected chi connectivity index (χ2v) is 12.8. The molecule has 0 bridgehead atoms. The van der Waals surface area contributed by atoms with Gasteiger partial charge in [-0.3, -0.25) is 4.72 Å². The Hall–Kier alpha value is -1.71. The van der Waals surface area contributed by atoms with Crippen molar-refractivity contribution < 1.29 is 25.3 Å². The zero-order chi connectivity index (χ0) is 23.2. The molecule has 0 atom stereocenters. The maximum atomic E-state index is 12.7. The third kappa shape index (κ3) is 5.04. The molecule has 0 spiro atoms. The van der Waals surface area contributed by atoms with Crippen LogP contribution in [0.15, 0.2) is 61.8 Å². The molecule has 3 rings (SSSR count). The summed E-state index contributed by atoms with van der Waals surface area (Å²) in [6.07, 6.45) is 0. The van der Waals surface area contributed by atoms with Gasteiger partial charge in [0.2, 0.25) is 20.0 Å². The minimum Gasteiger partial charge on any atom is -0.278 e. The van der Waals surface area contributed by atoms with Crippen molar-refractivity contribution >= 4 is 70.3 Å². The lowest BCUT2D eigenvalue weighted by molar-refractivity contribution is 0.596. The molecule has 0 aliphatic carbocycles. The molecule has 1 aromatic heterocycles. The molecule has 3 aromatic rings. The van der Waals surface area contributed by atoms with E-state index in [0.29, 0.717) is 0 Å². The molecule has 9 nitrogen and oxygen atoms in total. The Morgan fingerprint density at radius 3 is 1.84 bits per heavy atom. The number of nitrogens with two attached hydrogens (primary N) is 2.